The van der Waals surface area contributed by atoms with Crippen molar-refractivity contribution < 1.29 is 17.9 Å². The third-order valence-corrected chi connectivity index (χ3v) is 7.34. The van der Waals surface area contributed by atoms with Crippen molar-refractivity contribution in [1.29, 1.82) is 0 Å². The number of likely N-dealkylation sites (N-methyl/N-ethyl adjacent to an activating group) is 1. The van der Waals surface area contributed by atoms with E-state index in [0.29, 0.717) is 36.1 Å². The van der Waals surface area contributed by atoms with Crippen LogP contribution in [0.5, 0.6) is 5.75 Å². The summed E-state index contributed by atoms with van der Waals surface area (Å²) in [5, 5.41) is 0.564. The summed E-state index contributed by atoms with van der Waals surface area (Å²) in [5.41, 5.74) is 1.04. The molecule has 0 bridgehead atoms. The van der Waals surface area contributed by atoms with E-state index >= 15 is 0 Å². The number of benzene rings is 2. The van der Waals surface area contributed by atoms with Crippen molar-refractivity contribution in [1.82, 2.24) is 9.88 Å². The lowest BCUT2D eigenvalue weighted by Crippen LogP contribution is -2.38. The predicted octanol–water partition coefficient (Wildman–Crippen LogP) is 4.09. The summed E-state index contributed by atoms with van der Waals surface area (Å²) >= 11 is 1.42. The Balaban J connectivity index is 2.03. The number of ether oxygens (including phenoxy) is 1. The molecule has 172 valence electrons. The van der Waals surface area contributed by atoms with E-state index < -0.39 is 9.84 Å². The number of sulfone groups is 1. The van der Waals surface area contributed by atoms with E-state index in [4.69, 9.17) is 9.72 Å². The molecule has 2 aromatic carbocycles. The van der Waals surface area contributed by atoms with Gasteiger partial charge in [0.25, 0.3) is 5.91 Å². The number of thiazole rings is 1. The molecule has 0 spiro atoms. The van der Waals surface area contributed by atoms with E-state index in [1.54, 1.807) is 17.0 Å². The minimum Gasteiger partial charge on any atom is -0.492 e. The van der Waals surface area contributed by atoms with E-state index in [2.05, 4.69) is 18.7 Å². The Kier molecular flexibility index (Phi) is 7.86. The average Bonchev–Trinajstić information content (AvgIpc) is 3.21. The molecule has 1 aromatic heterocycles. The molecule has 0 aliphatic heterocycles. The molecular formula is C23H29N3O4S2. The third-order valence-electron chi connectivity index (χ3n) is 5.19. The minimum absolute atomic E-state index is 0.120. The molecule has 0 aliphatic carbocycles. The molecule has 3 aromatic rings. The molecule has 32 heavy (non-hydrogen) atoms. The zero-order chi connectivity index (χ0) is 23.3. The number of rotatable bonds is 10. The van der Waals surface area contributed by atoms with Crippen molar-refractivity contribution in [2.24, 2.45) is 0 Å². The lowest BCUT2D eigenvalue weighted by molar-refractivity contribution is 0.0983. The van der Waals surface area contributed by atoms with Gasteiger partial charge in [0.1, 0.15) is 11.3 Å². The maximum atomic E-state index is 13.5. The topological polar surface area (TPSA) is 79.8 Å². The SMILES string of the molecule is CCOc1cccc2sc(N(CCN(CC)CC)C(=O)c3cccc(S(C)(=O)=O)c3)nc12. The van der Waals surface area contributed by atoms with Gasteiger partial charge in [-0.15, -0.1) is 0 Å². The number of nitrogens with zero attached hydrogens (tertiary/aromatic N) is 3. The van der Waals surface area contributed by atoms with Gasteiger partial charge < -0.3 is 9.64 Å². The second-order valence-electron chi connectivity index (χ2n) is 7.32. The second-order valence-corrected chi connectivity index (χ2v) is 10.3. The van der Waals surface area contributed by atoms with Gasteiger partial charge >= 0.3 is 0 Å². The molecule has 0 saturated carbocycles. The number of amides is 1. The lowest BCUT2D eigenvalue weighted by atomic mass is 10.2. The molecule has 0 radical (unpaired) electrons. The first kappa shape index (κ1) is 24.2. The van der Waals surface area contributed by atoms with Crippen LogP contribution < -0.4 is 9.64 Å². The molecule has 7 nitrogen and oxygen atoms in total. The van der Waals surface area contributed by atoms with Gasteiger partial charge in [0.05, 0.1) is 16.2 Å². The molecular weight excluding hydrogens is 446 g/mol. The first-order chi connectivity index (χ1) is 15.3. The van der Waals surface area contributed by atoms with Crippen molar-refractivity contribution >= 4 is 42.4 Å². The van der Waals surface area contributed by atoms with Crippen LogP contribution in [-0.2, 0) is 9.84 Å². The van der Waals surface area contributed by atoms with Gasteiger partial charge in [-0.1, -0.05) is 37.3 Å². The highest BCUT2D eigenvalue weighted by molar-refractivity contribution is 7.90. The number of anilines is 1. The Morgan fingerprint density at radius 2 is 1.78 bits per heavy atom. The molecule has 1 amide bonds. The molecule has 0 unspecified atom stereocenters. The number of fused-ring (bicyclic) bond motifs is 1. The van der Waals surface area contributed by atoms with E-state index in [9.17, 15) is 13.2 Å². The smallest absolute Gasteiger partial charge is 0.260 e. The fourth-order valence-corrected chi connectivity index (χ4v) is 5.05. The zero-order valence-corrected chi connectivity index (χ0v) is 20.5. The Morgan fingerprint density at radius 1 is 1.06 bits per heavy atom. The van der Waals surface area contributed by atoms with E-state index in [1.807, 2.05) is 25.1 Å². The quantitative estimate of drug-likeness (QED) is 0.439. The Morgan fingerprint density at radius 3 is 2.44 bits per heavy atom. The molecule has 0 N–H and O–H groups in total. The number of aromatic nitrogens is 1. The summed E-state index contributed by atoms with van der Waals surface area (Å²) in [4.78, 5) is 22.3. The normalized spacial score (nSPS) is 11.8. The highest BCUT2D eigenvalue weighted by Crippen LogP contribution is 2.35. The van der Waals surface area contributed by atoms with Gasteiger partial charge in [-0.2, -0.15) is 0 Å². The largest absolute Gasteiger partial charge is 0.492 e. The van der Waals surface area contributed by atoms with Gasteiger partial charge in [-0.05, 0) is 50.3 Å². The highest BCUT2D eigenvalue weighted by atomic mass is 32.2. The Bertz CT molecular complexity index is 1190. The summed E-state index contributed by atoms with van der Waals surface area (Å²) in [7, 11) is -3.42. The molecule has 0 saturated heterocycles. The summed E-state index contributed by atoms with van der Waals surface area (Å²) < 4.78 is 30.6. The summed E-state index contributed by atoms with van der Waals surface area (Å²) in [6.07, 6.45) is 1.14. The number of carbonyl (C=O) groups is 1. The standard InChI is InChI=1S/C23H29N3O4S2/c1-5-25(6-2)14-15-26(22(27)17-10-8-11-18(16-17)32(4,28)29)23-24-21-19(30-7-3)12-9-13-20(21)31-23/h8-13,16H,5-7,14-15H2,1-4H3. The Labute approximate surface area is 193 Å². The van der Waals surface area contributed by atoms with Crippen molar-refractivity contribution in [3.05, 3.63) is 48.0 Å². The fraction of sp³-hybridized carbons (Fsp3) is 0.391. The van der Waals surface area contributed by atoms with E-state index in [1.165, 1.54) is 23.5 Å². The van der Waals surface area contributed by atoms with Gasteiger partial charge in [0, 0.05) is 24.9 Å². The lowest BCUT2D eigenvalue weighted by Gasteiger charge is -2.25. The monoisotopic (exact) mass is 475 g/mol. The van der Waals surface area contributed by atoms with Crippen LogP contribution in [0.15, 0.2) is 47.4 Å². The van der Waals surface area contributed by atoms with Crippen LogP contribution in [0.4, 0.5) is 5.13 Å². The van der Waals surface area contributed by atoms with Crippen LogP contribution in [-0.4, -0.2) is 63.3 Å². The average molecular weight is 476 g/mol. The maximum absolute atomic E-state index is 13.5. The molecule has 0 fully saturated rings. The maximum Gasteiger partial charge on any atom is 0.260 e. The summed E-state index contributed by atoms with van der Waals surface area (Å²) in [6.45, 7) is 9.46. The van der Waals surface area contributed by atoms with Crippen molar-refractivity contribution in [2.75, 3.05) is 43.9 Å². The predicted molar refractivity (Wildman–Crippen MR) is 130 cm³/mol. The summed E-state index contributed by atoms with van der Waals surface area (Å²) in [5.74, 6) is 0.405. The van der Waals surface area contributed by atoms with Crippen molar-refractivity contribution in [3.63, 3.8) is 0 Å². The Hall–Kier alpha value is -2.49. The molecule has 0 atom stereocenters. The fourth-order valence-electron chi connectivity index (χ4n) is 3.38. The van der Waals surface area contributed by atoms with Crippen LogP contribution >= 0.6 is 11.3 Å². The molecule has 1 heterocycles. The zero-order valence-electron chi connectivity index (χ0n) is 18.9. The number of para-hydroxylation sites is 1. The number of hydrogen-bond acceptors (Lipinski definition) is 7. The van der Waals surface area contributed by atoms with Gasteiger partial charge in [0.2, 0.25) is 0 Å². The van der Waals surface area contributed by atoms with Gasteiger partial charge in [0.15, 0.2) is 15.0 Å². The first-order valence-corrected chi connectivity index (χ1v) is 13.4. The number of hydrogen-bond donors (Lipinski definition) is 0. The van der Waals surface area contributed by atoms with E-state index in [0.717, 1.165) is 29.6 Å². The van der Waals surface area contributed by atoms with Gasteiger partial charge in [-0.3, -0.25) is 9.69 Å². The second kappa shape index (κ2) is 10.4. The van der Waals surface area contributed by atoms with Crippen molar-refractivity contribution in [2.45, 2.75) is 25.7 Å². The summed E-state index contributed by atoms with van der Waals surface area (Å²) in [6, 6.07) is 11.9. The van der Waals surface area contributed by atoms with Crippen molar-refractivity contribution in [3.8, 4) is 5.75 Å². The first-order valence-electron chi connectivity index (χ1n) is 10.6. The van der Waals surface area contributed by atoms with Crippen LogP contribution in [0.1, 0.15) is 31.1 Å². The van der Waals surface area contributed by atoms with Crippen LogP contribution in [0.25, 0.3) is 10.2 Å². The molecule has 9 heteroatoms. The van der Waals surface area contributed by atoms with Crippen LogP contribution in [0, 0.1) is 0 Å². The minimum atomic E-state index is -3.42. The van der Waals surface area contributed by atoms with Gasteiger partial charge in [-0.25, -0.2) is 13.4 Å². The highest BCUT2D eigenvalue weighted by Gasteiger charge is 2.24. The molecule has 0 aliphatic rings. The number of carbonyl (C=O) groups excluding carboxylic acids is 1. The van der Waals surface area contributed by atoms with Crippen LogP contribution in [0.2, 0.25) is 0 Å². The van der Waals surface area contributed by atoms with Crippen LogP contribution in [0.3, 0.4) is 0 Å². The molecule has 3 rings (SSSR count). The van der Waals surface area contributed by atoms with E-state index in [-0.39, 0.29) is 10.8 Å². The third kappa shape index (κ3) is 5.46.